The second kappa shape index (κ2) is 10.3. The van der Waals surface area contributed by atoms with Gasteiger partial charge < -0.3 is 15.4 Å². The molecule has 0 spiro atoms. The highest BCUT2D eigenvalue weighted by molar-refractivity contribution is 5.84. The van der Waals surface area contributed by atoms with E-state index >= 15 is 0 Å². The third-order valence-corrected chi connectivity index (χ3v) is 4.64. The van der Waals surface area contributed by atoms with Crippen molar-refractivity contribution >= 4 is 11.8 Å². The molecule has 0 aliphatic carbocycles. The maximum absolute atomic E-state index is 13.0. The molecule has 6 nitrogen and oxygen atoms in total. The van der Waals surface area contributed by atoms with E-state index in [9.17, 15) is 9.59 Å². The number of morpholine rings is 1. The molecule has 26 heavy (non-hydrogen) atoms. The largest absolute Gasteiger partial charge is 0.378 e. The molecule has 0 radical (unpaired) electrons. The predicted octanol–water partition coefficient (Wildman–Crippen LogP) is 1.34. The summed E-state index contributed by atoms with van der Waals surface area (Å²) < 4.78 is 5.34. The van der Waals surface area contributed by atoms with Crippen LogP contribution >= 0.6 is 0 Å². The predicted molar refractivity (Wildman–Crippen MR) is 102 cm³/mol. The van der Waals surface area contributed by atoms with Crippen molar-refractivity contribution < 1.29 is 14.3 Å². The number of aryl methyl sites for hydroxylation is 1. The first-order valence-corrected chi connectivity index (χ1v) is 9.43. The molecule has 0 saturated carbocycles. The van der Waals surface area contributed by atoms with Crippen LogP contribution in [0.2, 0.25) is 0 Å². The van der Waals surface area contributed by atoms with Crippen molar-refractivity contribution in [1.29, 1.82) is 0 Å². The standard InChI is InChI=1S/C20H31N3O3/c1-15(2)14-18(19(21)24)22-17(9-8-16-6-4-3-5-7-16)20(25)23-10-12-26-13-11-23/h3-7,15,17-18,22H,8-14H2,1-2H3,(H2,21,24)/t17-,18+/m1/s1. The van der Waals surface area contributed by atoms with Crippen LogP contribution in [-0.2, 0) is 20.7 Å². The molecule has 2 amide bonds. The summed E-state index contributed by atoms with van der Waals surface area (Å²) in [6.45, 7) is 6.38. The number of benzene rings is 1. The van der Waals surface area contributed by atoms with E-state index in [1.165, 1.54) is 5.56 Å². The Morgan fingerprint density at radius 2 is 1.81 bits per heavy atom. The molecular formula is C20H31N3O3. The highest BCUT2D eigenvalue weighted by atomic mass is 16.5. The van der Waals surface area contributed by atoms with Gasteiger partial charge in [-0.3, -0.25) is 14.9 Å². The number of carbonyl (C=O) groups is 2. The summed E-state index contributed by atoms with van der Waals surface area (Å²) in [4.78, 5) is 26.7. The van der Waals surface area contributed by atoms with Crippen LogP contribution in [0.4, 0.5) is 0 Å². The van der Waals surface area contributed by atoms with Gasteiger partial charge in [0, 0.05) is 13.1 Å². The molecule has 1 aromatic carbocycles. The number of amides is 2. The number of nitrogens with two attached hydrogens (primary N) is 1. The molecule has 6 heteroatoms. The molecule has 0 bridgehead atoms. The van der Waals surface area contributed by atoms with Crippen molar-refractivity contribution in [3.63, 3.8) is 0 Å². The van der Waals surface area contributed by atoms with Crippen LogP contribution in [0.15, 0.2) is 30.3 Å². The van der Waals surface area contributed by atoms with E-state index in [0.717, 1.165) is 6.42 Å². The number of hydrogen-bond acceptors (Lipinski definition) is 4. The van der Waals surface area contributed by atoms with Gasteiger partial charge in [-0.1, -0.05) is 44.2 Å². The van der Waals surface area contributed by atoms with Crippen LogP contribution in [0.25, 0.3) is 0 Å². The molecule has 1 aromatic rings. The summed E-state index contributed by atoms with van der Waals surface area (Å²) in [5.74, 6) is -0.0642. The van der Waals surface area contributed by atoms with Gasteiger partial charge in [0.1, 0.15) is 0 Å². The molecule has 144 valence electrons. The third-order valence-electron chi connectivity index (χ3n) is 4.64. The van der Waals surface area contributed by atoms with Gasteiger partial charge in [0.05, 0.1) is 25.3 Å². The minimum Gasteiger partial charge on any atom is -0.378 e. The second-order valence-corrected chi connectivity index (χ2v) is 7.27. The Kier molecular flexibility index (Phi) is 8.06. The monoisotopic (exact) mass is 361 g/mol. The van der Waals surface area contributed by atoms with Gasteiger partial charge in [-0.05, 0) is 30.7 Å². The lowest BCUT2D eigenvalue weighted by molar-refractivity contribution is -0.138. The summed E-state index contributed by atoms with van der Waals surface area (Å²) in [6.07, 6.45) is 2.01. The first-order valence-electron chi connectivity index (χ1n) is 9.43. The smallest absolute Gasteiger partial charge is 0.239 e. The summed E-state index contributed by atoms with van der Waals surface area (Å²) in [7, 11) is 0. The molecule has 3 N–H and O–H groups in total. The molecule has 1 fully saturated rings. The number of hydrogen-bond donors (Lipinski definition) is 2. The zero-order chi connectivity index (χ0) is 18.9. The molecule has 0 unspecified atom stereocenters. The van der Waals surface area contributed by atoms with E-state index in [1.807, 2.05) is 36.9 Å². The third kappa shape index (κ3) is 6.42. The first kappa shape index (κ1) is 20.4. The van der Waals surface area contributed by atoms with E-state index in [2.05, 4.69) is 17.4 Å². The zero-order valence-electron chi connectivity index (χ0n) is 15.8. The van der Waals surface area contributed by atoms with Crippen molar-refractivity contribution in [2.24, 2.45) is 11.7 Å². The van der Waals surface area contributed by atoms with Crippen molar-refractivity contribution in [3.8, 4) is 0 Å². The summed E-state index contributed by atoms with van der Waals surface area (Å²) in [5, 5.41) is 3.25. The average molecular weight is 361 g/mol. The van der Waals surface area contributed by atoms with Crippen LogP contribution in [-0.4, -0.2) is 55.1 Å². The van der Waals surface area contributed by atoms with Crippen LogP contribution in [0.1, 0.15) is 32.3 Å². The van der Waals surface area contributed by atoms with Crippen LogP contribution in [0.3, 0.4) is 0 Å². The number of carbonyl (C=O) groups excluding carboxylic acids is 2. The number of nitrogens with zero attached hydrogens (tertiary/aromatic N) is 1. The van der Waals surface area contributed by atoms with Gasteiger partial charge in [0.25, 0.3) is 0 Å². The fraction of sp³-hybridized carbons (Fsp3) is 0.600. The number of rotatable bonds is 9. The van der Waals surface area contributed by atoms with Crippen molar-refractivity contribution in [2.75, 3.05) is 26.3 Å². The zero-order valence-corrected chi connectivity index (χ0v) is 15.8. The van der Waals surface area contributed by atoms with E-state index in [-0.39, 0.29) is 5.91 Å². The van der Waals surface area contributed by atoms with Crippen LogP contribution < -0.4 is 11.1 Å². The van der Waals surface area contributed by atoms with Gasteiger partial charge in [-0.2, -0.15) is 0 Å². The SMILES string of the molecule is CC(C)C[C@H](N[C@H](CCc1ccccc1)C(=O)N1CCOCC1)C(N)=O. The number of ether oxygens (including phenoxy) is 1. The quantitative estimate of drug-likeness (QED) is 0.695. The minimum absolute atomic E-state index is 0.0271. The van der Waals surface area contributed by atoms with Gasteiger partial charge in [0.2, 0.25) is 11.8 Å². The maximum Gasteiger partial charge on any atom is 0.239 e. The number of nitrogens with one attached hydrogen (secondary N) is 1. The highest BCUT2D eigenvalue weighted by Gasteiger charge is 2.29. The Morgan fingerprint density at radius 1 is 1.15 bits per heavy atom. The Hall–Kier alpha value is -1.92. The second-order valence-electron chi connectivity index (χ2n) is 7.27. The minimum atomic E-state index is -0.499. The fourth-order valence-electron chi connectivity index (χ4n) is 3.22. The van der Waals surface area contributed by atoms with E-state index in [1.54, 1.807) is 0 Å². The Labute approximate surface area is 156 Å². The van der Waals surface area contributed by atoms with Crippen molar-refractivity contribution in [3.05, 3.63) is 35.9 Å². The molecular weight excluding hydrogens is 330 g/mol. The average Bonchev–Trinajstić information content (AvgIpc) is 2.64. The van der Waals surface area contributed by atoms with E-state index in [4.69, 9.17) is 10.5 Å². The number of primary amides is 1. The molecule has 2 atom stereocenters. The lowest BCUT2D eigenvalue weighted by Crippen LogP contribution is -2.55. The molecule has 2 rings (SSSR count). The van der Waals surface area contributed by atoms with Crippen molar-refractivity contribution in [2.45, 2.75) is 45.2 Å². The van der Waals surface area contributed by atoms with Crippen LogP contribution in [0.5, 0.6) is 0 Å². The van der Waals surface area contributed by atoms with Gasteiger partial charge in [0.15, 0.2) is 0 Å². The molecule has 1 saturated heterocycles. The Bertz CT molecular complexity index is 571. The molecule has 0 aromatic heterocycles. The normalized spacial score (nSPS) is 17.1. The van der Waals surface area contributed by atoms with Crippen LogP contribution in [0, 0.1) is 5.92 Å². The molecule has 1 heterocycles. The maximum atomic E-state index is 13.0. The van der Waals surface area contributed by atoms with E-state index < -0.39 is 18.0 Å². The molecule has 1 aliphatic rings. The van der Waals surface area contributed by atoms with Gasteiger partial charge in [-0.15, -0.1) is 0 Å². The summed E-state index contributed by atoms with van der Waals surface area (Å²) in [5.41, 5.74) is 6.75. The highest BCUT2D eigenvalue weighted by Crippen LogP contribution is 2.12. The van der Waals surface area contributed by atoms with Gasteiger partial charge >= 0.3 is 0 Å². The molecule has 1 aliphatic heterocycles. The Morgan fingerprint density at radius 3 is 2.38 bits per heavy atom. The summed E-state index contributed by atoms with van der Waals surface area (Å²) in [6, 6.07) is 9.14. The van der Waals surface area contributed by atoms with Gasteiger partial charge in [-0.25, -0.2) is 0 Å². The fourth-order valence-corrected chi connectivity index (χ4v) is 3.22. The van der Waals surface area contributed by atoms with E-state index in [0.29, 0.717) is 45.1 Å². The lowest BCUT2D eigenvalue weighted by atomic mass is 9.99. The van der Waals surface area contributed by atoms with Crippen molar-refractivity contribution in [1.82, 2.24) is 10.2 Å². The lowest BCUT2D eigenvalue weighted by Gasteiger charge is -2.32. The first-order chi connectivity index (χ1) is 12.5. The summed E-state index contributed by atoms with van der Waals surface area (Å²) >= 11 is 0. The Balaban J connectivity index is 2.08. The topological polar surface area (TPSA) is 84.7 Å².